The van der Waals surface area contributed by atoms with Gasteiger partial charge in [-0.05, 0) is 59.7 Å². The number of anilines is 1. The average molecular weight is 515 g/mol. The van der Waals surface area contributed by atoms with Crippen LogP contribution in [0.5, 0.6) is 5.75 Å². The quantitative estimate of drug-likeness (QED) is 0.219. The van der Waals surface area contributed by atoms with E-state index >= 15 is 0 Å². The predicted octanol–water partition coefficient (Wildman–Crippen LogP) is 7.17. The zero-order chi connectivity index (χ0) is 24.1. The molecule has 1 N–H and O–H groups in total. The van der Waals surface area contributed by atoms with Gasteiger partial charge in [-0.15, -0.1) is 0 Å². The first-order chi connectivity index (χ1) is 16.5. The summed E-state index contributed by atoms with van der Waals surface area (Å²) in [7, 11) is 0. The minimum atomic E-state index is -0.705. The Morgan fingerprint density at radius 3 is 2.65 bits per heavy atom. The minimum absolute atomic E-state index is 0.00537. The molecular formula is C28H20BrFN2O2. The van der Waals surface area contributed by atoms with E-state index in [0.717, 1.165) is 26.4 Å². The van der Waals surface area contributed by atoms with Gasteiger partial charge < -0.3 is 10.1 Å². The molecule has 4 nitrogen and oxygen atoms in total. The molecule has 1 amide bonds. The van der Waals surface area contributed by atoms with Crippen LogP contribution < -0.4 is 10.1 Å². The van der Waals surface area contributed by atoms with Gasteiger partial charge in [0, 0.05) is 15.6 Å². The van der Waals surface area contributed by atoms with Gasteiger partial charge in [-0.25, -0.2) is 4.39 Å². The monoisotopic (exact) mass is 514 g/mol. The second-order valence-electron chi connectivity index (χ2n) is 7.66. The molecule has 0 heterocycles. The maximum Gasteiger partial charge on any atom is 0.266 e. The smallest absolute Gasteiger partial charge is 0.266 e. The zero-order valence-electron chi connectivity index (χ0n) is 18.3. The first kappa shape index (κ1) is 23.2. The first-order valence-electron chi connectivity index (χ1n) is 10.5. The lowest BCUT2D eigenvalue weighted by molar-refractivity contribution is -0.112. The second-order valence-corrected chi connectivity index (χ2v) is 8.57. The fraction of sp³-hybridized carbons (Fsp3) is 0.0714. The van der Waals surface area contributed by atoms with Gasteiger partial charge in [0.1, 0.15) is 29.8 Å². The molecule has 6 heteroatoms. The topological polar surface area (TPSA) is 62.1 Å². The Morgan fingerprint density at radius 1 is 1.09 bits per heavy atom. The Bertz CT molecular complexity index is 1460. The molecule has 0 aliphatic carbocycles. The number of para-hydroxylation sites is 1. The number of hydrogen-bond acceptors (Lipinski definition) is 3. The average Bonchev–Trinajstić information content (AvgIpc) is 2.84. The number of nitriles is 1. The lowest BCUT2D eigenvalue weighted by Crippen LogP contribution is -2.14. The van der Waals surface area contributed by atoms with Crippen LogP contribution in [0.3, 0.4) is 0 Å². The molecule has 4 aromatic carbocycles. The maximum atomic E-state index is 13.9. The summed E-state index contributed by atoms with van der Waals surface area (Å²) < 4.78 is 20.8. The summed E-state index contributed by atoms with van der Waals surface area (Å²) in [5, 5.41) is 14.3. The number of carbonyl (C=O) groups excluding carboxylic acids is 1. The Morgan fingerprint density at radius 2 is 1.85 bits per heavy atom. The van der Waals surface area contributed by atoms with Crippen LogP contribution in [0.15, 0.2) is 88.9 Å². The zero-order valence-corrected chi connectivity index (χ0v) is 19.9. The van der Waals surface area contributed by atoms with Crippen LogP contribution in [-0.2, 0) is 11.4 Å². The van der Waals surface area contributed by atoms with Crippen LogP contribution in [0.25, 0.3) is 16.8 Å². The molecule has 0 radical (unpaired) electrons. The molecule has 34 heavy (non-hydrogen) atoms. The third-order valence-corrected chi connectivity index (χ3v) is 5.90. The molecule has 4 rings (SSSR count). The number of ether oxygens (including phenoxy) is 1. The standard InChI is InChI=1S/C28H20BrFN2O2/c1-18-10-11-19-6-2-3-7-23(19)24(18)17-34-27-13-12-22(29)15-20(27)14-21(16-31)28(33)32-26-9-5-4-8-25(26)30/h2-15H,17H2,1H3,(H,32,33)/b21-14+. The van der Waals surface area contributed by atoms with Crippen LogP contribution in [-0.4, -0.2) is 5.91 Å². The van der Waals surface area contributed by atoms with Crippen LogP contribution in [0, 0.1) is 24.1 Å². The van der Waals surface area contributed by atoms with E-state index in [1.165, 1.54) is 24.3 Å². The number of hydrogen-bond donors (Lipinski definition) is 1. The number of carbonyl (C=O) groups is 1. The lowest BCUT2D eigenvalue weighted by Gasteiger charge is -2.14. The molecule has 4 aromatic rings. The predicted molar refractivity (Wildman–Crippen MR) is 136 cm³/mol. The van der Waals surface area contributed by atoms with E-state index in [0.29, 0.717) is 17.9 Å². The highest BCUT2D eigenvalue weighted by Gasteiger charge is 2.14. The molecule has 0 saturated heterocycles. The molecule has 0 aliphatic heterocycles. The molecule has 0 bridgehead atoms. The van der Waals surface area contributed by atoms with Crippen molar-refractivity contribution in [3.8, 4) is 11.8 Å². The van der Waals surface area contributed by atoms with E-state index in [-0.39, 0.29) is 11.3 Å². The van der Waals surface area contributed by atoms with E-state index in [2.05, 4.69) is 45.5 Å². The second kappa shape index (κ2) is 10.3. The SMILES string of the molecule is Cc1ccc2ccccc2c1COc1ccc(Br)cc1/C=C(\C#N)C(=O)Nc1ccccc1F. The summed E-state index contributed by atoms with van der Waals surface area (Å²) in [5.74, 6) is -0.768. The van der Waals surface area contributed by atoms with Crippen molar-refractivity contribution in [1.29, 1.82) is 5.26 Å². The number of benzene rings is 4. The molecule has 0 aliphatic rings. The number of nitrogens with one attached hydrogen (secondary N) is 1. The van der Waals surface area contributed by atoms with Crippen molar-refractivity contribution in [3.63, 3.8) is 0 Å². The minimum Gasteiger partial charge on any atom is -0.488 e. The van der Waals surface area contributed by atoms with Gasteiger partial charge in [0.15, 0.2) is 0 Å². The van der Waals surface area contributed by atoms with Crippen LogP contribution in [0.1, 0.15) is 16.7 Å². The molecule has 0 spiro atoms. The number of aryl methyl sites for hydroxylation is 1. The van der Waals surface area contributed by atoms with Gasteiger partial charge >= 0.3 is 0 Å². The number of halogens is 2. The fourth-order valence-electron chi connectivity index (χ4n) is 3.61. The summed E-state index contributed by atoms with van der Waals surface area (Å²) in [6.45, 7) is 2.35. The summed E-state index contributed by atoms with van der Waals surface area (Å²) in [6, 6.07) is 25.3. The summed E-state index contributed by atoms with van der Waals surface area (Å²) in [5.41, 5.74) is 2.55. The molecule has 0 saturated carbocycles. The van der Waals surface area contributed by atoms with Crippen LogP contribution in [0.4, 0.5) is 10.1 Å². The highest BCUT2D eigenvalue weighted by Crippen LogP contribution is 2.29. The van der Waals surface area contributed by atoms with Gasteiger partial charge in [-0.2, -0.15) is 5.26 Å². The summed E-state index contributed by atoms with van der Waals surface area (Å²) in [4.78, 5) is 12.6. The molecule has 0 atom stereocenters. The fourth-order valence-corrected chi connectivity index (χ4v) is 3.99. The number of fused-ring (bicyclic) bond motifs is 1. The third-order valence-electron chi connectivity index (χ3n) is 5.41. The normalized spacial score (nSPS) is 11.2. The van der Waals surface area contributed by atoms with Crippen molar-refractivity contribution in [2.24, 2.45) is 0 Å². The molecule has 0 unspecified atom stereocenters. The van der Waals surface area contributed by atoms with Crippen LogP contribution in [0.2, 0.25) is 0 Å². The molecule has 0 aromatic heterocycles. The van der Waals surface area contributed by atoms with Gasteiger partial charge in [0.25, 0.3) is 5.91 Å². The molecule has 0 fully saturated rings. The summed E-state index contributed by atoms with van der Waals surface area (Å²) in [6.07, 6.45) is 1.44. The van der Waals surface area contributed by atoms with E-state index in [9.17, 15) is 14.4 Å². The van der Waals surface area contributed by atoms with Gasteiger partial charge in [0.2, 0.25) is 0 Å². The number of nitrogens with zero attached hydrogens (tertiary/aromatic N) is 1. The maximum absolute atomic E-state index is 13.9. The van der Waals surface area contributed by atoms with Gasteiger partial charge in [-0.1, -0.05) is 64.5 Å². The Kier molecular flexibility index (Phi) is 7.05. The van der Waals surface area contributed by atoms with E-state index in [1.54, 1.807) is 18.2 Å². The first-order valence-corrected chi connectivity index (χ1v) is 11.3. The molecular weight excluding hydrogens is 495 g/mol. The largest absolute Gasteiger partial charge is 0.488 e. The number of rotatable bonds is 6. The van der Waals surface area contributed by atoms with Crippen molar-refractivity contribution in [2.45, 2.75) is 13.5 Å². The molecule has 168 valence electrons. The Labute approximate surface area is 205 Å². The van der Waals surface area contributed by atoms with Gasteiger partial charge in [0.05, 0.1) is 5.69 Å². The third kappa shape index (κ3) is 5.16. The highest BCUT2D eigenvalue weighted by molar-refractivity contribution is 9.10. The highest BCUT2D eigenvalue weighted by atomic mass is 79.9. The van der Waals surface area contributed by atoms with Gasteiger partial charge in [-0.3, -0.25) is 4.79 Å². The van der Waals surface area contributed by atoms with Crippen molar-refractivity contribution >= 4 is 44.4 Å². The van der Waals surface area contributed by atoms with Crippen molar-refractivity contribution in [3.05, 3.63) is 111 Å². The van der Waals surface area contributed by atoms with Crippen molar-refractivity contribution in [1.82, 2.24) is 0 Å². The van der Waals surface area contributed by atoms with Crippen LogP contribution >= 0.6 is 15.9 Å². The lowest BCUT2D eigenvalue weighted by atomic mass is 10.0. The van der Waals surface area contributed by atoms with E-state index < -0.39 is 11.7 Å². The number of amides is 1. The van der Waals surface area contributed by atoms with E-state index in [1.807, 2.05) is 31.2 Å². The van der Waals surface area contributed by atoms with Crippen molar-refractivity contribution < 1.29 is 13.9 Å². The Hall–Kier alpha value is -3.95. The van der Waals surface area contributed by atoms with Crippen molar-refractivity contribution in [2.75, 3.05) is 5.32 Å². The van der Waals surface area contributed by atoms with E-state index in [4.69, 9.17) is 4.74 Å². The Balaban J connectivity index is 1.63. The summed E-state index contributed by atoms with van der Waals surface area (Å²) >= 11 is 3.43.